The van der Waals surface area contributed by atoms with Crippen molar-refractivity contribution in [2.24, 2.45) is 0 Å². The molecule has 1 aliphatic heterocycles. The van der Waals surface area contributed by atoms with Gasteiger partial charge >= 0.3 is 5.69 Å². The van der Waals surface area contributed by atoms with Crippen molar-refractivity contribution in [3.8, 4) is 0 Å². The number of aromatic amines is 1. The van der Waals surface area contributed by atoms with Gasteiger partial charge in [-0.25, -0.2) is 4.79 Å². The molecule has 4 rings (SSSR count). The molecule has 0 spiro atoms. The van der Waals surface area contributed by atoms with Crippen LogP contribution in [0.3, 0.4) is 0 Å². The second-order valence-electron chi connectivity index (χ2n) is 6.32. The van der Waals surface area contributed by atoms with Crippen molar-refractivity contribution in [3.05, 3.63) is 50.2 Å². The topological polar surface area (TPSA) is 93.0 Å². The van der Waals surface area contributed by atoms with Crippen LogP contribution in [0.5, 0.6) is 0 Å². The van der Waals surface area contributed by atoms with Gasteiger partial charge in [0, 0.05) is 31.9 Å². The number of rotatable bonds is 3. The van der Waals surface area contributed by atoms with E-state index in [0.29, 0.717) is 48.4 Å². The predicted octanol–water partition coefficient (Wildman–Crippen LogP) is 1.44. The van der Waals surface area contributed by atoms with Crippen LogP contribution in [0.1, 0.15) is 36.3 Å². The highest BCUT2D eigenvalue weighted by Gasteiger charge is 2.28. The summed E-state index contributed by atoms with van der Waals surface area (Å²) < 4.78 is 3.56. The second kappa shape index (κ2) is 6.56. The number of carbonyl (C=O) groups is 1. The fourth-order valence-corrected chi connectivity index (χ4v) is 4.32. The highest BCUT2D eigenvalue weighted by atomic mass is 32.1. The van der Waals surface area contributed by atoms with Gasteiger partial charge in [0.05, 0.1) is 5.52 Å². The van der Waals surface area contributed by atoms with Crippen LogP contribution < -0.4 is 11.2 Å². The number of H-pyrrole nitrogens is 1. The third-order valence-corrected chi connectivity index (χ3v) is 5.79. The first-order valence-electron chi connectivity index (χ1n) is 8.63. The van der Waals surface area contributed by atoms with Crippen molar-refractivity contribution in [1.29, 1.82) is 0 Å². The number of amides is 1. The molecule has 26 heavy (non-hydrogen) atoms. The van der Waals surface area contributed by atoms with Crippen LogP contribution in [0.4, 0.5) is 0 Å². The van der Waals surface area contributed by atoms with Crippen molar-refractivity contribution < 1.29 is 4.79 Å². The minimum absolute atomic E-state index is 0.0576. The van der Waals surface area contributed by atoms with Gasteiger partial charge < -0.3 is 9.88 Å². The normalized spacial score (nSPS) is 15.7. The van der Waals surface area contributed by atoms with Crippen LogP contribution in [0.25, 0.3) is 10.2 Å². The molecule has 0 bridgehead atoms. The molecule has 0 aromatic carbocycles. The number of hydrogen-bond acceptors (Lipinski definition) is 5. The number of likely N-dealkylation sites (tertiary alicyclic amines) is 1. The molecule has 1 aliphatic rings. The standard InChI is InChI=1S/C17H19N5O3S/c1-2-21-13(3-7-18-21)15(23)20-8-4-11(5-9-20)22-16(24)14-12(6-10-26-14)19-17(22)25/h3,6-7,10-11H,2,4-5,8-9H2,1H3,(H,19,25). The van der Waals surface area contributed by atoms with Crippen LogP contribution in [-0.2, 0) is 6.54 Å². The smallest absolute Gasteiger partial charge is 0.329 e. The molecule has 8 nitrogen and oxygen atoms in total. The molecule has 1 saturated heterocycles. The lowest BCUT2D eigenvalue weighted by molar-refractivity contribution is 0.0679. The number of nitrogens with one attached hydrogen (secondary N) is 1. The number of piperidine rings is 1. The first-order valence-corrected chi connectivity index (χ1v) is 9.51. The van der Waals surface area contributed by atoms with Crippen molar-refractivity contribution in [3.63, 3.8) is 0 Å². The van der Waals surface area contributed by atoms with E-state index in [9.17, 15) is 14.4 Å². The Hall–Kier alpha value is -2.68. The quantitative estimate of drug-likeness (QED) is 0.752. The highest BCUT2D eigenvalue weighted by molar-refractivity contribution is 7.17. The summed E-state index contributed by atoms with van der Waals surface area (Å²) >= 11 is 1.33. The molecule has 0 radical (unpaired) electrons. The fraction of sp³-hybridized carbons (Fsp3) is 0.412. The van der Waals surface area contributed by atoms with Crippen LogP contribution in [-0.4, -0.2) is 43.2 Å². The number of carbonyl (C=O) groups excluding carboxylic acids is 1. The second-order valence-corrected chi connectivity index (χ2v) is 7.24. The van der Waals surface area contributed by atoms with Gasteiger partial charge in [0.2, 0.25) is 0 Å². The van der Waals surface area contributed by atoms with Gasteiger partial charge in [-0.2, -0.15) is 5.10 Å². The van der Waals surface area contributed by atoms with Gasteiger partial charge in [0.25, 0.3) is 11.5 Å². The maximum Gasteiger partial charge on any atom is 0.329 e. The lowest BCUT2D eigenvalue weighted by Crippen LogP contribution is -2.45. The number of aromatic nitrogens is 4. The summed E-state index contributed by atoms with van der Waals surface area (Å²) in [5.41, 5.74) is 0.532. The maximum atomic E-state index is 12.7. The van der Waals surface area contributed by atoms with Gasteiger partial charge in [0.15, 0.2) is 0 Å². The van der Waals surface area contributed by atoms with E-state index >= 15 is 0 Å². The fourth-order valence-electron chi connectivity index (χ4n) is 3.54. The van der Waals surface area contributed by atoms with Crippen molar-refractivity contribution in [2.45, 2.75) is 32.4 Å². The lowest BCUT2D eigenvalue weighted by Gasteiger charge is -2.32. The Morgan fingerprint density at radius 3 is 2.81 bits per heavy atom. The van der Waals surface area contributed by atoms with Crippen molar-refractivity contribution in [2.75, 3.05) is 13.1 Å². The number of fused-ring (bicyclic) bond motifs is 1. The maximum absolute atomic E-state index is 12.7. The van der Waals surface area contributed by atoms with Crippen LogP contribution in [0.15, 0.2) is 33.3 Å². The third kappa shape index (κ3) is 2.68. The number of thiophene rings is 1. The Kier molecular flexibility index (Phi) is 4.23. The Morgan fingerprint density at radius 2 is 2.08 bits per heavy atom. The summed E-state index contributed by atoms with van der Waals surface area (Å²) in [6, 6.07) is 3.27. The molecule has 0 saturated carbocycles. The van der Waals surface area contributed by atoms with Crippen molar-refractivity contribution in [1.82, 2.24) is 24.2 Å². The molecule has 1 fully saturated rings. The number of nitrogens with zero attached hydrogens (tertiary/aromatic N) is 4. The Bertz CT molecular complexity index is 1070. The number of hydrogen-bond donors (Lipinski definition) is 1. The van der Waals surface area contributed by atoms with E-state index < -0.39 is 0 Å². The van der Waals surface area contributed by atoms with Gasteiger partial charge in [-0.3, -0.25) is 18.8 Å². The van der Waals surface area contributed by atoms with E-state index in [0.717, 1.165) is 0 Å². The Balaban J connectivity index is 1.55. The minimum Gasteiger partial charge on any atom is -0.337 e. The monoisotopic (exact) mass is 373 g/mol. The summed E-state index contributed by atoms with van der Waals surface area (Å²) in [6.45, 7) is 3.59. The molecular weight excluding hydrogens is 354 g/mol. The molecule has 136 valence electrons. The zero-order valence-corrected chi connectivity index (χ0v) is 15.2. The average molecular weight is 373 g/mol. The molecule has 9 heteroatoms. The van der Waals surface area contributed by atoms with Gasteiger partial charge in [0.1, 0.15) is 10.4 Å². The highest BCUT2D eigenvalue weighted by Crippen LogP contribution is 2.22. The van der Waals surface area contributed by atoms with E-state index in [4.69, 9.17) is 0 Å². The molecule has 3 aromatic heterocycles. The Labute approximate surface area is 152 Å². The SMILES string of the molecule is CCn1nccc1C(=O)N1CCC(n2c(=O)[nH]c3ccsc3c2=O)CC1. The van der Waals surface area contributed by atoms with Crippen LogP contribution in [0.2, 0.25) is 0 Å². The van der Waals surface area contributed by atoms with Crippen molar-refractivity contribution >= 4 is 27.5 Å². The number of aryl methyl sites for hydroxylation is 1. The summed E-state index contributed by atoms with van der Waals surface area (Å²) in [6.07, 6.45) is 2.77. The van der Waals surface area contributed by atoms with Gasteiger partial charge in [-0.15, -0.1) is 11.3 Å². The predicted molar refractivity (Wildman–Crippen MR) is 98.8 cm³/mol. The zero-order valence-electron chi connectivity index (χ0n) is 14.3. The van der Waals surface area contributed by atoms with Crippen LogP contribution >= 0.6 is 11.3 Å². The first-order chi connectivity index (χ1) is 12.6. The molecule has 1 N–H and O–H groups in total. The lowest BCUT2D eigenvalue weighted by atomic mass is 10.0. The summed E-state index contributed by atoms with van der Waals surface area (Å²) in [7, 11) is 0. The Morgan fingerprint density at radius 1 is 1.31 bits per heavy atom. The molecule has 0 atom stereocenters. The molecule has 3 aromatic rings. The molecule has 4 heterocycles. The minimum atomic E-state index is -0.380. The molecule has 0 aliphatic carbocycles. The third-order valence-electron chi connectivity index (χ3n) is 4.89. The zero-order chi connectivity index (χ0) is 18.3. The largest absolute Gasteiger partial charge is 0.337 e. The molecule has 1 amide bonds. The van der Waals surface area contributed by atoms with Gasteiger partial charge in [-0.1, -0.05) is 0 Å². The molecule has 0 unspecified atom stereocenters. The summed E-state index contributed by atoms with van der Waals surface area (Å²) in [4.78, 5) is 42.2. The molecular formula is C17H19N5O3S. The van der Waals surface area contributed by atoms with E-state index in [1.54, 1.807) is 33.3 Å². The van der Waals surface area contributed by atoms with E-state index in [-0.39, 0.29) is 23.2 Å². The van der Waals surface area contributed by atoms with E-state index in [1.807, 2.05) is 6.92 Å². The summed E-state index contributed by atoms with van der Waals surface area (Å²) in [5.74, 6) is -0.0576. The van der Waals surface area contributed by atoms with E-state index in [2.05, 4.69) is 10.1 Å². The van der Waals surface area contributed by atoms with Gasteiger partial charge in [-0.05, 0) is 37.3 Å². The average Bonchev–Trinajstić information content (AvgIpc) is 3.30. The summed E-state index contributed by atoms with van der Waals surface area (Å²) in [5, 5.41) is 5.94. The van der Waals surface area contributed by atoms with E-state index in [1.165, 1.54) is 15.9 Å². The first kappa shape index (κ1) is 16.8. The van der Waals surface area contributed by atoms with Crippen LogP contribution in [0, 0.1) is 0 Å².